The Morgan fingerprint density at radius 3 is 1.33 bits per heavy atom. The lowest BCUT2D eigenvalue weighted by Gasteiger charge is -2.16. The Bertz CT molecular complexity index is 3280. The third-order valence-corrected chi connectivity index (χ3v) is 11.4. The molecule has 11 aromatic rings. The number of fused-ring (bicyclic) bond motifs is 3. The van der Waals surface area contributed by atoms with Gasteiger partial charge in [0, 0.05) is 38.7 Å². The van der Waals surface area contributed by atoms with Crippen LogP contribution in [0.25, 0.3) is 106 Å². The first-order valence-electron chi connectivity index (χ1n) is 20.6. The van der Waals surface area contributed by atoms with Crippen LogP contribution in [0.1, 0.15) is 0 Å². The second kappa shape index (κ2) is 15.5. The zero-order chi connectivity index (χ0) is 40.5. The quantitative estimate of drug-likeness (QED) is 0.154. The molecule has 4 nitrogen and oxygen atoms in total. The van der Waals surface area contributed by atoms with E-state index >= 15 is 0 Å². The van der Waals surface area contributed by atoms with E-state index in [0.717, 1.165) is 39.0 Å². The number of benzene rings is 9. The molecule has 4 heteroatoms. The van der Waals surface area contributed by atoms with Crippen LogP contribution in [0.4, 0.5) is 0 Å². The van der Waals surface area contributed by atoms with Gasteiger partial charge in [0.25, 0.3) is 0 Å². The fourth-order valence-corrected chi connectivity index (χ4v) is 8.56. The van der Waals surface area contributed by atoms with Gasteiger partial charge in [-0.05, 0) is 75.3 Å². The number of hydrogen-bond donors (Lipinski definition) is 0. The van der Waals surface area contributed by atoms with E-state index in [1.165, 1.54) is 49.7 Å². The van der Waals surface area contributed by atoms with Gasteiger partial charge in [0.2, 0.25) is 0 Å². The van der Waals surface area contributed by atoms with Crippen LogP contribution in [0, 0.1) is 0 Å². The zero-order valence-electron chi connectivity index (χ0n) is 33.2. The maximum atomic E-state index is 5.02. The van der Waals surface area contributed by atoms with Crippen molar-refractivity contribution in [1.29, 1.82) is 0 Å². The molecule has 0 aliphatic rings. The lowest BCUT2D eigenvalue weighted by Crippen LogP contribution is -2.00. The Morgan fingerprint density at radius 2 is 0.705 bits per heavy atom. The largest absolute Gasteiger partial charge is 0.309 e. The van der Waals surface area contributed by atoms with E-state index in [1.54, 1.807) is 0 Å². The van der Waals surface area contributed by atoms with Crippen molar-refractivity contribution in [3.05, 3.63) is 231 Å². The summed E-state index contributed by atoms with van der Waals surface area (Å²) in [6.07, 6.45) is 0. The summed E-state index contributed by atoms with van der Waals surface area (Å²) >= 11 is 0. The SMILES string of the molecule is c1ccc(-c2nc(-c3ccccc3)nc(-c3cccc(-c4cccc(-n5c6ccccc6c6cc(-c7ccccc7-c7ccccc7)cc(-c7ccccc7)c65)c4)c3)n2)cc1. The summed E-state index contributed by atoms with van der Waals surface area (Å²) in [5.74, 6) is 1.92. The van der Waals surface area contributed by atoms with Crippen LogP contribution in [0.2, 0.25) is 0 Å². The predicted molar refractivity (Wildman–Crippen MR) is 252 cm³/mol. The Morgan fingerprint density at radius 1 is 0.262 bits per heavy atom. The Kier molecular flexibility index (Phi) is 9.14. The number of rotatable bonds is 8. The lowest BCUT2D eigenvalue weighted by molar-refractivity contribution is 1.07. The van der Waals surface area contributed by atoms with Crippen molar-refractivity contribution in [2.75, 3.05) is 0 Å². The molecule has 0 atom stereocenters. The molecule has 0 saturated carbocycles. The minimum absolute atomic E-state index is 0.630. The van der Waals surface area contributed by atoms with E-state index < -0.39 is 0 Å². The molecule has 0 aliphatic heterocycles. The third-order valence-electron chi connectivity index (χ3n) is 11.4. The summed E-state index contributed by atoms with van der Waals surface area (Å²) in [7, 11) is 0. The van der Waals surface area contributed by atoms with E-state index in [4.69, 9.17) is 15.0 Å². The fourth-order valence-electron chi connectivity index (χ4n) is 8.56. The second-order valence-corrected chi connectivity index (χ2v) is 15.2. The molecule has 0 radical (unpaired) electrons. The van der Waals surface area contributed by atoms with Crippen LogP contribution in [-0.4, -0.2) is 19.5 Å². The fraction of sp³-hybridized carbons (Fsp3) is 0. The maximum Gasteiger partial charge on any atom is 0.164 e. The van der Waals surface area contributed by atoms with Crippen LogP contribution in [0.5, 0.6) is 0 Å². The van der Waals surface area contributed by atoms with Crippen LogP contribution >= 0.6 is 0 Å². The minimum atomic E-state index is 0.630. The molecule has 0 unspecified atom stereocenters. The molecule has 0 spiro atoms. The van der Waals surface area contributed by atoms with Crippen molar-refractivity contribution in [3.8, 4) is 84.4 Å². The molecular weight excluding hydrogens is 741 g/mol. The standard InChI is InChI=1S/C57H38N4/c1-5-19-39(20-6-1)48-31-13-14-32-49(48)46-37-51(40-21-7-2-8-22-40)54-52(38-46)50-33-15-16-34-53(50)61(54)47-30-18-28-44(36-47)43-27-17-29-45(35-43)57-59-55(41-23-9-3-10-24-41)58-56(60-57)42-25-11-4-12-26-42/h1-38H. The highest BCUT2D eigenvalue weighted by molar-refractivity contribution is 6.15. The van der Waals surface area contributed by atoms with Gasteiger partial charge >= 0.3 is 0 Å². The minimum Gasteiger partial charge on any atom is -0.309 e. The molecule has 2 aromatic heterocycles. The summed E-state index contributed by atoms with van der Waals surface area (Å²) < 4.78 is 2.44. The van der Waals surface area contributed by atoms with E-state index in [2.05, 4.69) is 174 Å². The molecule has 0 fully saturated rings. The van der Waals surface area contributed by atoms with Crippen LogP contribution in [-0.2, 0) is 0 Å². The lowest BCUT2D eigenvalue weighted by atomic mass is 9.91. The van der Waals surface area contributed by atoms with Gasteiger partial charge in [-0.1, -0.05) is 194 Å². The normalized spacial score (nSPS) is 11.3. The molecule has 9 aromatic carbocycles. The van der Waals surface area contributed by atoms with E-state index in [-0.39, 0.29) is 0 Å². The summed E-state index contributed by atoms with van der Waals surface area (Å²) in [4.78, 5) is 15.0. The Labute approximate surface area is 354 Å². The molecule has 2 heterocycles. The molecule has 0 saturated heterocycles. The van der Waals surface area contributed by atoms with Crippen LogP contribution < -0.4 is 0 Å². The number of para-hydroxylation sites is 1. The average Bonchev–Trinajstić information content (AvgIpc) is 3.69. The molecular formula is C57H38N4. The van der Waals surface area contributed by atoms with Crippen LogP contribution in [0.15, 0.2) is 231 Å². The van der Waals surface area contributed by atoms with Crippen LogP contribution in [0.3, 0.4) is 0 Å². The Hall–Kier alpha value is -8.21. The van der Waals surface area contributed by atoms with Gasteiger partial charge in [0.15, 0.2) is 17.5 Å². The number of hydrogen-bond acceptors (Lipinski definition) is 3. The van der Waals surface area contributed by atoms with E-state index in [1.807, 2.05) is 60.7 Å². The van der Waals surface area contributed by atoms with Gasteiger partial charge in [0.05, 0.1) is 11.0 Å². The van der Waals surface area contributed by atoms with Crippen molar-refractivity contribution in [1.82, 2.24) is 19.5 Å². The van der Waals surface area contributed by atoms with Gasteiger partial charge in [0.1, 0.15) is 0 Å². The first-order valence-corrected chi connectivity index (χ1v) is 20.6. The highest BCUT2D eigenvalue weighted by atomic mass is 15.0. The molecule has 286 valence electrons. The molecule has 11 rings (SSSR count). The topological polar surface area (TPSA) is 43.6 Å². The highest BCUT2D eigenvalue weighted by Gasteiger charge is 2.20. The van der Waals surface area contributed by atoms with Gasteiger partial charge < -0.3 is 4.57 Å². The number of nitrogens with zero attached hydrogens (tertiary/aromatic N) is 4. The van der Waals surface area contributed by atoms with Crippen molar-refractivity contribution in [3.63, 3.8) is 0 Å². The third kappa shape index (κ3) is 6.76. The molecule has 61 heavy (non-hydrogen) atoms. The summed E-state index contributed by atoms with van der Waals surface area (Å²) in [6.45, 7) is 0. The highest BCUT2D eigenvalue weighted by Crippen LogP contribution is 2.43. The first kappa shape index (κ1) is 35.9. The monoisotopic (exact) mass is 778 g/mol. The average molecular weight is 779 g/mol. The second-order valence-electron chi connectivity index (χ2n) is 15.2. The van der Waals surface area contributed by atoms with Gasteiger partial charge in [-0.3, -0.25) is 0 Å². The zero-order valence-corrected chi connectivity index (χ0v) is 33.2. The van der Waals surface area contributed by atoms with E-state index in [0.29, 0.717) is 17.5 Å². The summed E-state index contributed by atoms with van der Waals surface area (Å²) in [5, 5.41) is 2.42. The summed E-state index contributed by atoms with van der Waals surface area (Å²) in [5.41, 5.74) is 15.5. The molecule has 0 N–H and O–H groups in total. The van der Waals surface area contributed by atoms with Gasteiger partial charge in [-0.2, -0.15) is 0 Å². The molecule has 0 bridgehead atoms. The predicted octanol–water partition coefficient (Wildman–Crippen LogP) is 14.6. The van der Waals surface area contributed by atoms with E-state index in [9.17, 15) is 0 Å². The number of aromatic nitrogens is 4. The summed E-state index contributed by atoms with van der Waals surface area (Å²) in [6, 6.07) is 81.4. The molecule has 0 aliphatic carbocycles. The smallest absolute Gasteiger partial charge is 0.164 e. The van der Waals surface area contributed by atoms with Crippen molar-refractivity contribution in [2.24, 2.45) is 0 Å². The molecule has 0 amide bonds. The van der Waals surface area contributed by atoms with Crippen molar-refractivity contribution in [2.45, 2.75) is 0 Å². The van der Waals surface area contributed by atoms with Crippen molar-refractivity contribution < 1.29 is 0 Å². The maximum absolute atomic E-state index is 5.02. The van der Waals surface area contributed by atoms with Crippen molar-refractivity contribution >= 4 is 21.8 Å². The van der Waals surface area contributed by atoms with Gasteiger partial charge in [-0.15, -0.1) is 0 Å². The first-order chi connectivity index (χ1) is 30.2. The Balaban J connectivity index is 1.08. The van der Waals surface area contributed by atoms with Gasteiger partial charge in [-0.25, -0.2) is 15.0 Å².